The van der Waals surface area contributed by atoms with Crippen LogP contribution < -0.4 is 5.32 Å². The number of amides is 1. The van der Waals surface area contributed by atoms with E-state index in [2.05, 4.69) is 26.3 Å². The Balaban J connectivity index is 1.59. The Bertz CT molecular complexity index is 697. The van der Waals surface area contributed by atoms with Crippen LogP contribution in [0.5, 0.6) is 0 Å². The zero-order chi connectivity index (χ0) is 17.6. The van der Waals surface area contributed by atoms with E-state index >= 15 is 0 Å². The van der Waals surface area contributed by atoms with Crippen LogP contribution in [0.1, 0.15) is 51.4 Å². The minimum Gasteiger partial charge on any atom is -0.385 e. The highest BCUT2D eigenvalue weighted by atomic mass is 32.1. The monoisotopic (exact) mass is 362 g/mol. The van der Waals surface area contributed by atoms with Crippen molar-refractivity contribution in [1.29, 1.82) is 0 Å². The Morgan fingerprint density at radius 1 is 1.52 bits per heavy atom. The number of methoxy groups -OCH3 is 1. The van der Waals surface area contributed by atoms with Gasteiger partial charge in [0.2, 0.25) is 0 Å². The highest BCUT2D eigenvalue weighted by Gasteiger charge is 2.28. The first-order valence-corrected chi connectivity index (χ1v) is 9.60. The van der Waals surface area contributed by atoms with Crippen LogP contribution in [-0.2, 0) is 11.3 Å². The van der Waals surface area contributed by atoms with Crippen molar-refractivity contribution in [2.24, 2.45) is 0 Å². The van der Waals surface area contributed by atoms with E-state index in [1.807, 2.05) is 19.2 Å². The number of carbonyl (C=O) groups is 1. The molecule has 1 fully saturated rings. The van der Waals surface area contributed by atoms with Gasteiger partial charge in [0.25, 0.3) is 5.91 Å². The van der Waals surface area contributed by atoms with Crippen LogP contribution in [-0.4, -0.2) is 47.6 Å². The molecule has 25 heavy (non-hydrogen) atoms. The summed E-state index contributed by atoms with van der Waals surface area (Å²) in [5.74, 6) is 0.968. The first-order chi connectivity index (χ1) is 12.2. The van der Waals surface area contributed by atoms with Crippen molar-refractivity contribution in [3.63, 3.8) is 0 Å². The molecule has 136 valence electrons. The lowest BCUT2D eigenvalue weighted by atomic mass is 10.2. The molecule has 7 heteroatoms. The molecule has 0 aromatic carbocycles. The highest BCUT2D eigenvalue weighted by molar-refractivity contribution is 7.14. The molecular formula is C18H26N4O2S. The minimum atomic E-state index is 0.0149. The molecule has 0 aliphatic carbocycles. The zero-order valence-corrected chi connectivity index (χ0v) is 15.7. The Kier molecular flexibility index (Phi) is 6.23. The molecule has 0 radical (unpaired) electrons. The number of likely N-dealkylation sites (tertiary alicyclic amines) is 1. The van der Waals surface area contributed by atoms with Gasteiger partial charge in [-0.25, -0.2) is 4.98 Å². The predicted octanol–water partition coefficient (Wildman–Crippen LogP) is 2.88. The van der Waals surface area contributed by atoms with E-state index in [9.17, 15) is 4.79 Å². The van der Waals surface area contributed by atoms with Crippen LogP contribution in [0.3, 0.4) is 0 Å². The molecule has 3 heterocycles. The minimum absolute atomic E-state index is 0.0149. The Labute approximate surface area is 152 Å². The highest BCUT2D eigenvalue weighted by Crippen LogP contribution is 2.36. The largest absolute Gasteiger partial charge is 0.385 e. The van der Waals surface area contributed by atoms with Crippen molar-refractivity contribution in [3.05, 3.63) is 39.6 Å². The summed E-state index contributed by atoms with van der Waals surface area (Å²) in [5, 5.41) is 2.96. The van der Waals surface area contributed by atoms with Crippen molar-refractivity contribution >= 4 is 17.2 Å². The van der Waals surface area contributed by atoms with E-state index in [1.165, 1.54) is 11.3 Å². The van der Waals surface area contributed by atoms with Crippen LogP contribution >= 0.6 is 11.3 Å². The van der Waals surface area contributed by atoms with Crippen LogP contribution in [0, 0.1) is 6.92 Å². The predicted molar refractivity (Wildman–Crippen MR) is 98.9 cm³/mol. The lowest BCUT2D eigenvalue weighted by Gasteiger charge is -2.22. The average Bonchev–Trinajstić information content (AvgIpc) is 3.32. The third kappa shape index (κ3) is 4.68. The summed E-state index contributed by atoms with van der Waals surface area (Å²) in [6, 6.07) is 4.45. The number of thiophene rings is 1. The van der Waals surface area contributed by atoms with Gasteiger partial charge < -0.3 is 15.0 Å². The van der Waals surface area contributed by atoms with Gasteiger partial charge in [-0.2, -0.15) is 0 Å². The van der Waals surface area contributed by atoms with Crippen LogP contribution in [0.4, 0.5) is 0 Å². The number of nitrogens with one attached hydrogen (secondary N) is 2. The molecule has 0 saturated carbocycles. The number of aryl methyl sites for hydroxylation is 1. The second-order valence-electron chi connectivity index (χ2n) is 6.43. The molecule has 6 nitrogen and oxygen atoms in total. The number of hydrogen-bond donors (Lipinski definition) is 2. The fraction of sp³-hybridized carbons (Fsp3) is 0.556. The maximum Gasteiger partial charge on any atom is 0.261 e. The first-order valence-electron chi connectivity index (χ1n) is 8.79. The molecule has 2 N–H and O–H groups in total. The molecule has 2 aromatic rings. The maximum atomic E-state index is 12.2. The second-order valence-corrected chi connectivity index (χ2v) is 7.54. The van der Waals surface area contributed by atoms with Gasteiger partial charge in [-0.15, -0.1) is 11.3 Å². The summed E-state index contributed by atoms with van der Waals surface area (Å²) < 4.78 is 5.00. The summed E-state index contributed by atoms with van der Waals surface area (Å²) >= 11 is 1.61. The van der Waals surface area contributed by atoms with E-state index in [4.69, 9.17) is 4.74 Å². The normalized spacial score (nSPS) is 17.9. The molecule has 3 rings (SSSR count). The molecule has 2 aromatic heterocycles. The maximum absolute atomic E-state index is 12.2. The van der Waals surface area contributed by atoms with E-state index < -0.39 is 0 Å². The number of hydrogen-bond acceptors (Lipinski definition) is 5. The van der Waals surface area contributed by atoms with Crippen molar-refractivity contribution in [2.45, 2.75) is 38.8 Å². The molecule has 1 aliphatic heterocycles. The number of ether oxygens (including phenoxy) is 1. The van der Waals surface area contributed by atoms with Crippen molar-refractivity contribution in [2.75, 3.05) is 26.8 Å². The first kappa shape index (κ1) is 18.1. The van der Waals surface area contributed by atoms with Crippen LogP contribution in [0.25, 0.3) is 0 Å². The standard InChI is InChI=1S/C18H26N4O2S/c1-13-20-11-14(21-13)12-22-9-3-5-15(22)16-6-7-17(25-16)18(23)19-8-4-10-24-2/h6-7,11,15H,3-5,8-10,12H2,1-2H3,(H,19,23)(H,20,21)/t15-/m1/s1. The van der Waals surface area contributed by atoms with Crippen LogP contribution in [0.15, 0.2) is 18.3 Å². The fourth-order valence-corrected chi connectivity index (χ4v) is 4.36. The Morgan fingerprint density at radius 3 is 3.16 bits per heavy atom. The van der Waals surface area contributed by atoms with E-state index in [0.29, 0.717) is 19.2 Å². The van der Waals surface area contributed by atoms with Gasteiger partial charge in [-0.1, -0.05) is 0 Å². The van der Waals surface area contributed by atoms with Gasteiger partial charge >= 0.3 is 0 Å². The molecule has 1 aliphatic rings. The average molecular weight is 362 g/mol. The summed E-state index contributed by atoms with van der Waals surface area (Å²) in [4.78, 5) is 24.4. The fourth-order valence-electron chi connectivity index (χ4n) is 3.27. The summed E-state index contributed by atoms with van der Waals surface area (Å²) in [5.41, 5.74) is 1.15. The third-order valence-electron chi connectivity index (χ3n) is 4.48. The summed E-state index contributed by atoms with van der Waals surface area (Å²) in [7, 11) is 1.67. The Hall–Kier alpha value is -1.70. The third-order valence-corrected chi connectivity index (χ3v) is 5.67. The van der Waals surface area contributed by atoms with Gasteiger partial charge in [0.05, 0.1) is 4.88 Å². The van der Waals surface area contributed by atoms with E-state index in [-0.39, 0.29) is 5.91 Å². The zero-order valence-electron chi connectivity index (χ0n) is 14.9. The molecule has 0 bridgehead atoms. The quantitative estimate of drug-likeness (QED) is 0.709. The van der Waals surface area contributed by atoms with Gasteiger partial charge in [0, 0.05) is 49.6 Å². The number of aromatic nitrogens is 2. The molecular weight excluding hydrogens is 336 g/mol. The van der Waals surface area contributed by atoms with Gasteiger partial charge in [-0.05, 0) is 44.9 Å². The topological polar surface area (TPSA) is 70.2 Å². The smallest absolute Gasteiger partial charge is 0.261 e. The molecule has 0 unspecified atom stereocenters. The van der Waals surface area contributed by atoms with Crippen LogP contribution in [0.2, 0.25) is 0 Å². The lowest BCUT2D eigenvalue weighted by Crippen LogP contribution is -2.24. The number of carbonyl (C=O) groups excluding carboxylic acids is 1. The summed E-state index contributed by atoms with van der Waals surface area (Å²) in [6.07, 6.45) is 5.08. The van der Waals surface area contributed by atoms with Gasteiger partial charge in [0.1, 0.15) is 5.82 Å². The Morgan fingerprint density at radius 2 is 2.40 bits per heavy atom. The molecule has 1 atom stereocenters. The van der Waals surface area contributed by atoms with E-state index in [0.717, 1.165) is 42.3 Å². The number of nitrogens with zero attached hydrogens (tertiary/aromatic N) is 2. The van der Waals surface area contributed by atoms with Crippen molar-refractivity contribution in [3.8, 4) is 0 Å². The van der Waals surface area contributed by atoms with Crippen molar-refractivity contribution in [1.82, 2.24) is 20.2 Å². The number of imidazole rings is 1. The lowest BCUT2D eigenvalue weighted by molar-refractivity contribution is 0.0952. The SMILES string of the molecule is COCCCNC(=O)c1ccc([C@H]2CCCN2Cc2cnc(C)[nH]2)s1. The van der Waals surface area contributed by atoms with Gasteiger partial charge in [0.15, 0.2) is 0 Å². The van der Waals surface area contributed by atoms with Crippen molar-refractivity contribution < 1.29 is 9.53 Å². The van der Waals surface area contributed by atoms with E-state index in [1.54, 1.807) is 18.4 Å². The van der Waals surface area contributed by atoms with Gasteiger partial charge in [-0.3, -0.25) is 9.69 Å². The second kappa shape index (κ2) is 8.60. The number of rotatable bonds is 8. The number of aromatic amines is 1. The number of H-pyrrole nitrogens is 1. The molecule has 1 amide bonds. The molecule has 1 saturated heterocycles. The summed E-state index contributed by atoms with van der Waals surface area (Å²) in [6.45, 7) is 5.25. The molecule has 0 spiro atoms.